The van der Waals surface area contributed by atoms with Gasteiger partial charge in [-0.05, 0) is 84.6 Å². The molecular formula is C21H35NOS. The number of benzene rings is 1. The maximum absolute atomic E-state index is 8.96. The van der Waals surface area contributed by atoms with Crippen LogP contribution < -0.4 is 5.73 Å². The Kier molecular flexibility index (Phi) is 8.65. The summed E-state index contributed by atoms with van der Waals surface area (Å²) in [6.07, 6.45) is 6.84. The van der Waals surface area contributed by atoms with Gasteiger partial charge in [-0.3, -0.25) is 0 Å². The van der Waals surface area contributed by atoms with Crippen LogP contribution in [0.1, 0.15) is 62.1 Å². The summed E-state index contributed by atoms with van der Waals surface area (Å²) >= 11 is 2.13. The van der Waals surface area contributed by atoms with Gasteiger partial charge >= 0.3 is 0 Å². The number of aliphatic hydroxyl groups is 1. The number of aryl methyl sites for hydroxylation is 1. The number of fused-ring (bicyclic) bond motifs is 1. The Balaban J connectivity index is 1.92. The third kappa shape index (κ3) is 6.09. The fraction of sp³-hybridized carbons (Fsp3) is 0.714. The van der Waals surface area contributed by atoms with E-state index in [4.69, 9.17) is 10.8 Å². The molecule has 1 aromatic carbocycles. The van der Waals surface area contributed by atoms with Gasteiger partial charge < -0.3 is 10.8 Å². The van der Waals surface area contributed by atoms with Gasteiger partial charge in [-0.15, -0.1) is 0 Å². The van der Waals surface area contributed by atoms with Crippen molar-refractivity contribution in [2.45, 2.75) is 58.3 Å². The summed E-state index contributed by atoms with van der Waals surface area (Å²) in [6, 6.07) is 7.08. The lowest BCUT2D eigenvalue weighted by atomic mass is 9.82. The van der Waals surface area contributed by atoms with Crippen LogP contribution in [0.3, 0.4) is 0 Å². The normalized spacial score (nSPS) is 18.6. The third-order valence-corrected chi connectivity index (χ3v) is 6.69. The van der Waals surface area contributed by atoms with Gasteiger partial charge in [0.15, 0.2) is 0 Å². The lowest BCUT2D eigenvalue weighted by molar-refractivity contribution is 0.281. The number of nitrogens with two attached hydrogens (primary N) is 1. The lowest BCUT2D eigenvalue weighted by Gasteiger charge is -2.26. The number of thioether (sulfide) groups is 1. The molecular weight excluding hydrogens is 314 g/mol. The van der Waals surface area contributed by atoms with Crippen molar-refractivity contribution in [3.8, 4) is 0 Å². The molecule has 0 aliphatic heterocycles. The lowest BCUT2D eigenvalue weighted by Crippen LogP contribution is -2.18. The van der Waals surface area contributed by atoms with Gasteiger partial charge in [-0.25, -0.2) is 0 Å². The van der Waals surface area contributed by atoms with E-state index < -0.39 is 0 Å². The highest BCUT2D eigenvalue weighted by atomic mass is 32.2. The van der Waals surface area contributed by atoms with Crippen LogP contribution in [0, 0.1) is 11.8 Å². The van der Waals surface area contributed by atoms with E-state index in [1.165, 1.54) is 36.3 Å². The summed E-state index contributed by atoms with van der Waals surface area (Å²) in [5.74, 6) is 4.69. The minimum atomic E-state index is 0.289. The Morgan fingerprint density at radius 2 is 2.08 bits per heavy atom. The van der Waals surface area contributed by atoms with E-state index in [2.05, 4.69) is 43.8 Å². The molecule has 1 aliphatic rings. The molecule has 136 valence electrons. The quantitative estimate of drug-likeness (QED) is 0.616. The maximum Gasteiger partial charge on any atom is 0.0431 e. The van der Waals surface area contributed by atoms with Gasteiger partial charge in [0.1, 0.15) is 0 Å². The zero-order chi connectivity index (χ0) is 17.4. The number of rotatable bonds is 10. The topological polar surface area (TPSA) is 46.2 Å². The van der Waals surface area contributed by atoms with Crippen LogP contribution >= 0.6 is 11.8 Å². The monoisotopic (exact) mass is 349 g/mol. The molecule has 0 radical (unpaired) electrons. The SMILES string of the molecule is CC(C)CSC[C@H]1CCc2cc([C@H](CN)CCCCO)ccc2C1. The molecule has 0 bridgehead atoms. The minimum Gasteiger partial charge on any atom is -0.396 e. The molecule has 0 amide bonds. The van der Waals surface area contributed by atoms with Crippen LogP contribution in [-0.2, 0) is 12.8 Å². The number of aliphatic hydroxyl groups excluding tert-OH is 1. The number of unbranched alkanes of at least 4 members (excludes halogenated alkanes) is 1. The van der Waals surface area contributed by atoms with E-state index in [0.717, 1.165) is 31.1 Å². The summed E-state index contributed by atoms with van der Waals surface area (Å²) in [5.41, 5.74) is 10.5. The molecule has 0 unspecified atom stereocenters. The summed E-state index contributed by atoms with van der Waals surface area (Å²) in [6.45, 7) is 5.61. The fourth-order valence-corrected chi connectivity index (χ4v) is 4.87. The van der Waals surface area contributed by atoms with Crippen molar-refractivity contribution in [3.05, 3.63) is 34.9 Å². The second-order valence-electron chi connectivity index (χ2n) is 7.72. The highest BCUT2D eigenvalue weighted by Crippen LogP contribution is 2.31. The summed E-state index contributed by atoms with van der Waals surface area (Å²) in [4.78, 5) is 0. The molecule has 2 rings (SSSR count). The largest absolute Gasteiger partial charge is 0.396 e. The smallest absolute Gasteiger partial charge is 0.0431 e. The van der Waals surface area contributed by atoms with Crippen LogP contribution in [0.25, 0.3) is 0 Å². The molecule has 0 aromatic heterocycles. The predicted octanol–water partition coefficient (Wildman–Crippen LogP) is 4.39. The molecule has 1 aliphatic carbocycles. The average Bonchev–Trinajstić information content (AvgIpc) is 2.58. The van der Waals surface area contributed by atoms with Crippen molar-refractivity contribution in [1.82, 2.24) is 0 Å². The molecule has 2 nitrogen and oxygen atoms in total. The first-order chi connectivity index (χ1) is 11.6. The Morgan fingerprint density at radius 1 is 1.25 bits per heavy atom. The van der Waals surface area contributed by atoms with E-state index >= 15 is 0 Å². The highest BCUT2D eigenvalue weighted by Gasteiger charge is 2.20. The first kappa shape index (κ1) is 19.8. The number of hydrogen-bond donors (Lipinski definition) is 2. The van der Waals surface area contributed by atoms with Gasteiger partial charge in [0.05, 0.1) is 0 Å². The van der Waals surface area contributed by atoms with E-state index in [1.807, 2.05) is 0 Å². The Labute approximate surface area is 152 Å². The van der Waals surface area contributed by atoms with Crippen molar-refractivity contribution in [1.29, 1.82) is 0 Å². The van der Waals surface area contributed by atoms with Crippen LogP contribution in [-0.4, -0.2) is 29.8 Å². The van der Waals surface area contributed by atoms with Gasteiger partial charge in [0.25, 0.3) is 0 Å². The standard InChI is InChI=1S/C21H35NOS/c1-16(2)14-24-15-17-6-7-19-12-20(9-8-18(19)11-17)21(13-22)5-3-4-10-23/h8-9,12,16-17,21,23H,3-7,10-11,13-15,22H2,1-2H3/t17-,21-/m0/s1. The van der Waals surface area contributed by atoms with Crippen molar-refractivity contribution < 1.29 is 5.11 Å². The first-order valence-corrected chi connectivity index (χ1v) is 10.8. The Hall–Kier alpha value is -0.510. The van der Waals surface area contributed by atoms with Gasteiger partial charge in [0, 0.05) is 6.61 Å². The van der Waals surface area contributed by atoms with Crippen molar-refractivity contribution in [2.24, 2.45) is 17.6 Å². The first-order valence-electron chi connectivity index (χ1n) is 9.64. The molecule has 0 saturated heterocycles. The van der Waals surface area contributed by atoms with Crippen molar-refractivity contribution in [3.63, 3.8) is 0 Å². The zero-order valence-electron chi connectivity index (χ0n) is 15.5. The van der Waals surface area contributed by atoms with Gasteiger partial charge in [-0.2, -0.15) is 11.8 Å². The summed E-state index contributed by atoms with van der Waals surface area (Å²) < 4.78 is 0. The predicted molar refractivity (Wildman–Crippen MR) is 107 cm³/mol. The molecule has 1 aromatic rings. The van der Waals surface area contributed by atoms with Crippen LogP contribution in [0.2, 0.25) is 0 Å². The average molecular weight is 350 g/mol. The highest BCUT2D eigenvalue weighted by molar-refractivity contribution is 7.99. The van der Waals surface area contributed by atoms with E-state index in [9.17, 15) is 0 Å². The maximum atomic E-state index is 8.96. The summed E-state index contributed by atoms with van der Waals surface area (Å²) in [5, 5.41) is 8.96. The molecule has 3 heteroatoms. The fourth-order valence-electron chi connectivity index (χ4n) is 3.64. The Morgan fingerprint density at radius 3 is 2.79 bits per heavy atom. The molecule has 0 saturated carbocycles. The molecule has 24 heavy (non-hydrogen) atoms. The second-order valence-corrected chi connectivity index (χ2v) is 8.80. The van der Waals surface area contributed by atoms with Crippen molar-refractivity contribution in [2.75, 3.05) is 24.7 Å². The van der Waals surface area contributed by atoms with E-state index in [0.29, 0.717) is 12.5 Å². The van der Waals surface area contributed by atoms with Crippen LogP contribution in [0.4, 0.5) is 0 Å². The zero-order valence-corrected chi connectivity index (χ0v) is 16.3. The number of hydrogen-bond acceptors (Lipinski definition) is 3. The molecule has 0 heterocycles. The van der Waals surface area contributed by atoms with Crippen molar-refractivity contribution >= 4 is 11.8 Å². The third-order valence-electron chi connectivity index (χ3n) is 5.08. The molecule has 0 fully saturated rings. The minimum absolute atomic E-state index is 0.289. The Bertz CT molecular complexity index is 489. The molecule has 0 spiro atoms. The molecule has 3 N–H and O–H groups in total. The van der Waals surface area contributed by atoms with Crippen LogP contribution in [0.5, 0.6) is 0 Å². The van der Waals surface area contributed by atoms with Gasteiger partial charge in [0.2, 0.25) is 0 Å². The second kappa shape index (κ2) is 10.5. The van der Waals surface area contributed by atoms with Gasteiger partial charge in [-0.1, -0.05) is 38.5 Å². The van der Waals surface area contributed by atoms with Crippen LogP contribution in [0.15, 0.2) is 18.2 Å². The van der Waals surface area contributed by atoms with E-state index in [-0.39, 0.29) is 6.61 Å². The summed E-state index contributed by atoms with van der Waals surface area (Å²) in [7, 11) is 0. The molecule has 2 atom stereocenters. The van der Waals surface area contributed by atoms with E-state index in [1.54, 1.807) is 11.1 Å².